The van der Waals surface area contributed by atoms with Crippen LogP contribution in [-0.4, -0.2) is 17.9 Å². The van der Waals surface area contributed by atoms with Gasteiger partial charge in [-0.3, -0.25) is 9.59 Å². The zero-order chi connectivity index (χ0) is 16.2. The molecule has 4 rings (SSSR count). The third kappa shape index (κ3) is 2.38. The summed E-state index contributed by atoms with van der Waals surface area (Å²) >= 11 is 0. The number of Topliss-reactive ketones (excluding diaryl/α,β-unsaturated/α-hetero) is 1. The van der Waals surface area contributed by atoms with Crippen LogP contribution in [0.25, 0.3) is 0 Å². The minimum atomic E-state index is -0.135. The van der Waals surface area contributed by atoms with Crippen LogP contribution in [0.15, 0.2) is 12.2 Å². The first kappa shape index (κ1) is 15.4. The summed E-state index contributed by atoms with van der Waals surface area (Å²) in [5, 5.41) is 0. The molecule has 0 saturated heterocycles. The van der Waals surface area contributed by atoms with Crippen LogP contribution in [0.4, 0.5) is 0 Å². The Labute approximate surface area is 138 Å². The summed E-state index contributed by atoms with van der Waals surface area (Å²) in [6.07, 6.45) is 12.1. The molecule has 23 heavy (non-hydrogen) atoms. The highest BCUT2D eigenvalue weighted by atomic mass is 16.5. The molecule has 0 spiro atoms. The maximum absolute atomic E-state index is 11.8. The van der Waals surface area contributed by atoms with Gasteiger partial charge in [-0.05, 0) is 61.7 Å². The van der Waals surface area contributed by atoms with Crippen LogP contribution in [-0.2, 0) is 14.3 Å². The van der Waals surface area contributed by atoms with Gasteiger partial charge >= 0.3 is 5.97 Å². The monoisotopic (exact) mass is 316 g/mol. The molecule has 3 nitrogen and oxygen atoms in total. The van der Waals surface area contributed by atoms with Crippen molar-refractivity contribution in [3.8, 4) is 0 Å². The highest BCUT2D eigenvalue weighted by molar-refractivity contribution is 5.79. The largest absolute Gasteiger partial charge is 0.462 e. The van der Waals surface area contributed by atoms with Gasteiger partial charge in [0.05, 0.1) is 0 Å². The van der Waals surface area contributed by atoms with Crippen LogP contribution in [0.1, 0.15) is 58.8 Å². The zero-order valence-electron chi connectivity index (χ0n) is 14.3. The van der Waals surface area contributed by atoms with E-state index < -0.39 is 0 Å². The second kappa shape index (κ2) is 5.46. The maximum atomic E-state index is 11.8. The van der Waals surface area contributed by atoms with E-state index in [1.165, 1.54) is 26.2 Å². The van der Waals surface area contributed by atoms with Gasteiger partial charge in [0.1, 0.15) is 11.9 Å². The molecule has 0 aromatic heterocycles. The molecule has 0 aliphatic heterocycles. The molecule has 7 atom stereocenters. The summed E-state index contributed by atoms with van der Waals surface area (Å²) in [6.45, 7) is 3.88. The van der Waals surface area contributed by atoms with Gasteiger partial charge in [-0.2, -0.15) is 0 Å². The molecular formula is C20H28O3. The van der Waals surface area contributed by atoms with E-state index >= 15 is 0 Å². The number of carbonyl (C=O) groups excluding carboxylic acids is 2. The van der Waals surface area contributed by atoms with E-state index in [0.29, 0.717) is 29.5 Å². The quantitative estimate of drug-likeness (QED) is 0.544. The Kier molecular flexibility index (Phi) is 3.66. The molecular weight excluding hydrogens is 288 g/mol. The van der Waals surface area contributed by atoms with Gasteiger partial charge in [-0.25, -0.2) is 0 Å². The van der Waals surface area contributed by atoms with Gasteiger partial charge in [0.15, 0.2) is 0 Å². The summed E-state index contributed by atoms with van der Waals surface area (Å²) in [5.74, 6) is 3.53. The third-order valence-corrected chi connectivity index (χ3v) is 7.51. The summed E-state index contributed by atoms with van der Waals surface area (Å²) in [5.41, 5.74) is 0.147. The number of rotatable bonds is 1. The highest BCUT2D eigenvalue weighted by Gasteiger charge is 2.57. The second-order valence-electron chi connectivity index (χ2n) is 8.56. The van der Waals surface area contributed by atoms with Gasteiger partial charge in [0.25, 0.3) is 0 Å². The lowest BCUT2D eigenvalue weighted by atomic mass is 9.52. The fraction of sp³-hybridized carbons (Fsp3) is 0.800. The van der Waals surface area contributed by atoms with E-state index in [1.807, 2.05) is 0 Å². The van der Waals surface area contributed by atoms with Crippen molar-refractivity contribution in [3.63, 3.8) is 0 Å². The van der Waals surface area contributed by atoms with Crippen LogP contribution in [0.3, 0.4) is 0 Å². The Morgan fingerprint density at radius 2 is 2.00 bits per heavy atom. The standard InChI is InChI=1S/C20H28O3/c1-12(21)23-19-8-7-18-17-5-3-13-11-14(22)4-6-15(13)16(17)9-10-20(18,19)2/h3,5,13,15-19H,4,6-11H2,1-2H3. The normalized spacial score (nSPS) is 48.3. The van der Waals surface area contributed by atoms with Crippen molar-refractivity contribution in [2.75, 3.05) is 0 Å². The SMILES string of the molecule is CC(=O)OC1CCC2C3C=CC4CC(=O)CCC4C3CCC12C. The molecule has 0 N–H and O–H groups in total. The zero-order valence-corrected chi connectivity index (χ0v) is 14.3. The second-order valence-corrected chi connectivity index (χ2v) is 8.56. The molecule has 0 aromatic rings. The minimum absolute atomic E-state index is 0.102. The fourth-order valence-electron chi connectivity index (χ4n) is 6.42. The summed E-state index contributed by atoms with van der Waals surface area (Å²) in [6, 6.07) is 0. The molecule has 0 heterocycles. The number of allylic oxidation sites excluding steroid dienone is 2. The summed E-state index contributed by atoms with van der Waals surface area (Å²) in [4.78, 5) is 23.2. The number of fused-ring (bicyclic) bond motifs is 5. The number of ether oxygens (including phenoxy) is 1. The van der Waals surface area contributed by atoms with Crippen molar-refractivity contribution in [3.05, 3.63) is 12.2 Å². The minimum Gasteiger partial charge on any atom is -0.462 e. The maximum Gasteiger partial charge on any atom is 0.302 e. The van der Waals surface area contributed by atoms with Crippen LogP contribution >= 0.6 is 0 Å². The Morgan fingerprint density at radius 3 is 2.78 bits per heavy atom. The average molecular weight is 316 g/mol. The van der Waals surface area contributed by atoms with E-state index in [2.05, 4.69) is 19.1 Å². The third-order valence-electron chi connectivity index (χ3n) is 7.51. The molecule has 3 saturated carbocycles. The first-order valence-corrected chi connectivity index (χ1v) is 9.36. The van der Waals surface area contributed by atoms with Crippen molar-refractivity contribution >= 4 is 11.8 Å². The first-order chi connectivity index (χ1) is 11.0. The molecule has 0 radical (unpaired) electrons. The number of hydrogen-bond acceptors (Lipinski definition) is 3. The first-order valence-electron chi connectivity index (χ1n) is 9.36. The van der Waals surface area contributed by atoms with Crippen molar-refractivity contribution < 1.29 is 14.3 Å². The number of carbonyl (C=O) groups is 2. The smallest absolute Gasteiger partial charge is 0.302 e. The van der Waals surface area contributed by atoms with Crippen molar-refractivity contribution in [1.82, 2.24) is 0 Å². The Balaban J connectivity index is 1.58. The van der Waals surface area contributed by atoms with E-state index in [0.717, 1.165) is 31.6 Å². The molecule has 0 aromatic carbocycles. The van der Waals surface area contributed by atoms with E-state index in [-0.39, 0.29) is 17.5 Å². The van der Waals surface area contributed by atoms with Crippen molar-refractivity contribution in [1.29, 1.82) is 0 Å². The summed E-state index contributed by atoms with van der Waals surface area (Å²) in [7, 11) is 0. The predicted octanol–water partition coefficient (Wildman–Crippen LogP) is 3.92. The Hall–Kier alpha value is -1.12. The Morgan fingerprint density at radius 1 is 1.17 bits per heavy atom. The molecule has 126 valence electrons. The summed E-state index contributed by atoms with van der Waals surface area (Å²) < 4.78 is 5.68. The van der Waals surface area contributed by atoms with Gasteiger partial charge < -0.3 is 4.74 Å². The lowest BCUT2D eigenvalue weighted by Gasteiger charge is -2.52. The van der Waals surface area contributed by atoms with Crippen molar-refractivity contribution in [2.45, 2.75) is 64.9 Å². The van der Waals surface area contributed by atoms with Gasteiger partial charge in [0.2, 0.25) is 0 Å². The van der Waals surface area contributed by atoms with E-state index in [4.69, 9.17) is 4.74 Å². The number of esters is 1. The molecule has 4 aliphatic carbocycles. The molecule has 4 aliphatic rings. The number of ketones is 1. The van der Waals surface area contributed by atoms with Crippen LogP contribution in [0, 0.1) is 35.0 Å². The molecule has 0 amide bonds. The van der Waals surface area contributed by atoms with Gasteiger partial charge in [0, 0.05) is 25.2 Å². The van der Waals surface area contributed by atoms with Gasteiger partial charge in [-0.1, -0.05) is 19.1 Å². The van der Waals surface area contributed by atoms with Crippen LogP contribution in [0.2, 0.25) is 0 Å². The van der Waals surface area contributed by atoms with Crippen LogP contribution < -0.4 is 0 Å². The number of hydrogen-bond donors (Lipinski definition) is 0. The van der Waals surface area contributed by atoms with Gasteiger partial charge in [-0.15, -0.1) is 0 Å². The van der Waals surface area contributed by atoms with E-state index in [9.17, 15) is 9.59 Å². The Bertz CT molecular complexity index is 551. The molecule has 3 heteroatoms. The molecule has 3 fully saturated rings. The van der Waals surface area contributed by atoms with E-state index in [1.54, 1.807) is 0 Å². The predicted molar refractivity (Wildman–Crippen MR) is 87.6 cm³/mol. The lowest BCUT2D eigenvalue weighted by molar-refractivity contribution is -0.155. The molecule has 0 bridgehead atoms. The topological polar surface area (TPSA) is 43.4 Å². The fourth-order valence-corrected chi connectivity index (χ4v) is 6.42. The van der Waals surface area contributed by atoms with Crippen molar-refractivity contribution in [2.24, 2.45) is 35.0 Å². The molecule has 7 unspecified atom stereocenters. The van der Waals surface area contributed by atoms with Crippen LogP contribution in [0.5, 0.6) is 0 Å². The highest BCUT2D eigenvalue weighted by Crippen LogP contribution is 2.61. The lowest BCUT2D eigenvalue weighted by Crippen LogP contribution is -2.48. The average Bonchev–Trinajstić information content (AvgIpc) is 2.83.